The first-order valence-electron chi connectivity index (χ1n) is 5.89. The van der Waals surface area contributed by atoms with Crippen LogP contribution < -0.4 is 5.73 Å². The van der Waals surface area contributed by atoms with Crippen LogP contribution in [0.15, 0.2) is 42.5 Å². The molecule has 19 heavy (non-hydrogen) atoms. The van der Waals surface area contributed by atoms with Crippen LogP contribution in [0.25, 0.3) is 11.1 Å². The topological polar surface area (TPSA) is 26.0 Å². The van der Waals surface area contributed by atoms with Gasteiger partial charge in [-0.05, 0) is 41.3 Å². The molecule has 4 heteroatoms. The summed E-state index contributed by atoms with van der Waals surface area (Å²) in [5.41, 5.74) is 8.62. The molecule has 0 spiro atoms. The third-order valence-electron chi connectivity index (χ3n) is 3.05. The largest absolute Gasteiger partial charge is 0.416 e. The van der Waals surface area contributed by atoms with E-state index < -0.39 is 11.7 Å². The molecular formula is C15H14F3N. The Labute approximate surface area is 109 Å². The summed E-state index contributed by atoms with van der Waals surface area (Å²) in [4.78, 5) is 0. The van der Waals surface area contributed by atoms with Gasteiger partial charge >= 0.3 is 6.18 Å². The molecule has 0 amide bonds. The van der Waals surface area contributed by atoms with Gasteiger partial charge in [-0.1, -0.05) is 30.3 Å². The molecule has 2 aromatic rings. The fraction of sp³-hybridized carbons (Fsp3) is 0.200. The number of rotatable bonds is 2. The molecule has 0 bridgehead atoms. The molecule has 0 unspecified atom stereocenters. The monoisotopic (exact) mass is 265 g/mol. The Kier molecular flexibility index (Phi) is 3.62. The van der Waals surface area contributed by atoms with Crippen molar-refractivity contribution in [3.8, 4) is 11.1 Å². The molecule has 0 fully saturated rings. The average molecular weight is 265 g/mol. The van der Waals surface area contributed by atoms with Gasteiger partial charge in [-0.25, -0.2) is 0 Å². The summed E-state index contributed by atoms with van der Waals surface area (Å²) in [6.07, 6.45) is -4.29. The number of nitrogens with two attached hydrogens (primary N) is 1. The maximum atomic E-state index is 12.5. The van der Waals surface area contributed by atoms with E-state index >= 15 is 0 Å². The maximum Gasteiger partial charge on any atom is 0.416 e. The highest BCUT2D eigenvalue weighted by molar-refractivity contribution is 5.67. The van der Waals surface area contributed by atoms with Crippen molar-refractivity contribution in [1.29, 1.82) is 0 Å². The van der Waals surface area contributed by atoms with Crippen molar-refractivity contribution < 1.29 is 13.2 Å². The van der Waals surface area contributed by atoms with E-state index in [4.69, 9.17) is 5.73 Å². The van der Waals surface area contributed by atoms with Gasteiger partial charge in [-0.2, -0.15) is 13.2 Å². The van der Waals surface area contributed by atoms with Crippen molar-refractivity contribution in [3.05, 3.63) is 59.2 Å². The lowest BCUT2D eigenvalue weighted by Crippen LogP contribution is -2.04. The lowest BCUT2D eigenvalue weighted by Gasteiger charge is -2.10. The molecular weight excluding hydrogens is 251 g/mol. The van der Waals surface area contributed by atoms with E-state index in [1.165, 1.54) is 12.1 Å². The van der Waals surface area contributed by atoms with E-state index in [1.54, 1.807) is 0 Å². The average Bonchev–Trinajstić information content (AvgIpc) is 2.37. The summed E-state index contributed by atoms with van der Waals surface area (Å²) in [5, 5.41) is 0. The fourth-order valence-electron chi connectivity index (χ4n) is 2.02. The summed E-state index contributed by atoms with van der Waals surface area (Å²) in [7, 11) is 0. The van der Waals surface area contributed by atoms with Gasteiger partial charge < -0.3 is 5.73 Å². The predicted octanol–water partition coefficient (Wildman–Crippen LogP) is 4.14. The first-order chi connectivity index (χ1) is 8.91. The Morgan fingerprint density at radius 1 is 1.00 bits per heavy atom. The number of benzene rings is 2. The van der Waals surface area contributed by atoms with Crippen LogP contribution in [0.4, 0.5) is 13.2 Å². The molecule has 0 radical (unpaired) electrons. The van der Waals surface area contributed by atoms with Gasteiger partial charge in [0.25, 0.3) is 0 Å². The predicted molar refractivity (Wildman–Crippen MR) is 69.5 cm³/mol. The van der Waals surface area contributed by atoms with Crippen LogP contribution in [0.1, 0.15) is 16.7 Å². The highest BCUT2D eigenvalue weighted by atomic mass is 19.4. The Morgan fingerprint density at radius 3 is 2.11 bits per heavy atom. The van der Waals surface area contributed by atoms with Crippen LogP contribution in [-0.2, 0) is 12.7 Å². The van der Waals surface area contributed by atoms with E-state index in [9.17, 15) is 13.2 Å². The van der Waals surface area contributed by atoms with Crippen molar-refractivity contribution in [2.45, 2.75) is 19.6 Å². The first-order valence-corrected chi connectivity index (χ1v) is 5.89. The zero-order chi connectivity index (χ0) is 14.0. The number of aryl methyl sites for hydroxylation is 1. The Bertz CT molecular complexity index is 571. The second-order valence-electron chi connectivity index (χ2n) is 4.43. The van der Waals surface area contributed by atoms with Crippen molar-refractivity contribution >= 4 is 0 Å². The molecule has 0 aliphatic rings. The molecule has 0 saturated heterocycles. The zero-order valence-corrected chi connectivity index (χ0v) is 10.5. The van der Waals surface area contributed by atoms with E-state index in [0.29, 0.717) is 6.54 Å². The molecule has 1 nitrogen and oxygen atoms in total. The van der Waals surface area contributed by atoms with Gasteiger partial charge in [0, 0.05) is 6.54 Å². The summed E-state index contributed by atoms with van der Waals surface area (Å²) in [6, 6.07) is 10.9. The van der Waals surface area contributed by atoms with Crippen LogP contribution in [0.2, 0.25) is 0 Å². The van der Waals surface area contributed by atoms with E-state index in [-0.39, 0.29) is 0 Å². The standard InChI is InChI=1S/C15H14F3N/c1-10-8-11(9-19)2-7-14(10)12-3-5-13(6-4-12)15(16,17)18/h2-8H,9,19H2,1H3. The number of hydrogen-bond donors (Lipinski definition) is 1. The van der Waals surface area contributed by atoms with Gasteiger partial charge in [0.2, 0.25) is 0 Å². The van der Waals surface area contributed by atoms with Crippen molar-refractivity contribution in [2.75, 3.05) is 0 Å². The van der Waals surface area contributed by atoms with Crippen LogP contribution in [0.3, 0.4) is 0 Å². The Morgan fingerprint density at radius 2 is 1.63 bits per heavy atom. The van der Waals surface area contributed by atoms with Gasteiger partial charge in [0.1, 0.15) is 0 Å². The maximum absolute atomic E-state index is 12.5. The molecule has 0 heterocycles. The minimum Gasteiger partial charge on any atom is -0.326 e. The quantitative estimate of drug-likeness (QED) is 0.867. The highest BCUT2D eigenvalue weighted by Crippen LogP contribution is 2.31. The molecule has 100 valence electrons. The number of alkyl halides is 3. The molecule has 2 aromatic carbocycles. The van der Waals surface area contributed by atoms with Gasteiger partial charge in [-0.15, -0.1) is 0 Å². The third-order valence-corrected chi connectivity index (χ3v) is 3.05. The second-order valence-corrected chi connectivity index (χ2v) is 4.43. The minimum absolute atomic E-state index is 0.453. The zero-order valence-electron chi connectivity index (χ0n) is 10.5. The van der Waals surface area contributed by atoms with Crippen LogP contribution in [0, 0.1) is 6.92 Å². The summed E-state index contributed by atoms with van der Waals surface area (Å²) < 4.78 is 37.5. The van der Waals surface area contributed by atoms with E-state index in [1.807, 2.05) is 25.1 Å². The molecule has 0 aliphatic carbocycles. The molecule has 2 rings (SSSR count). The van der Waals surface area contributed by atoms with Crippen LogP contribution in [-0.4, -0.2) is 0 Å². The van der Waals surface area contributed by atoms with Gasteiger partial charge in [-0.3, -0.25) is 0 Å². The van der Waals surface area contributed by atoms with Crippen molar-refractivity contribution in [1.82, 2.24) is 0 Å². The molecule has 0 aliphatic heterocycles. The lowest BCUT2D eigenvalue weighted by molar-refractivity contribution is -0.137. The smallest absolute Gasteiger partial charge is 0.326 e. The first kappa shape index (κ1) is 13.6. The summed E-state index contributed by atoms with van der Waals surface area (Å²) in [5.74, 6) is 0. The lowest BCUT2D eigenvalue weighted by atomic mass is 9.97. The molecule has 2 N–H and O–H groups in total. The highest BCUT2D eigenvalue weighted by Gasteiger charge is 2.29. The van der Waals surface area contributed by atoms with Crippen LogP contribution in [0.5, 0.6) is 0 Å². The van der Waals surface area contributed by atoms with E-state index in [2.05, 4.69) is 0 Å². The number of hydrogen-bond acceptors (Lipinski definition) is 1. The van der Waals surface area contributed by atoms with Crippen LogP contribution >= 0.6 is 0 Å². The summed E-state index contributed by atoms with van der Waals surface area (Å²) >= 11 is 0. The molecule has 0 aromatic heterocycles. The number of halogens is 3. The normalized spacial score (nSPS) is 11.6. The fourth-order valence-corrected chi connectivity index (χ4v) is 2.02. The van der Waals surface area contributed by atoms with Gasteiger partial charge in [0.15, 0.2) is 0 Å². The SMILES string of the molecule is Cc1cc(CN)ccc1-c1ccc(C(F)(F)F)cc1. The Hall–Kier alpha value is -1.81. The van der Waals surface area contributed by atoms with Crippen molar-refractivity contribution in [2.24, 2.45) is 5.73 Å². The summed E-state index contributed by atoms with van der Waals surface area (Å²) in [6.45, 7) is 2.38. The van der Waals surface area contributed by atoms with E-state index in [0.717, 1.165) is 34.4 Å². The minimum atomic E-state index is -4.29. The third kappa shape index (κ3) is 2.96. The van der Waals surface area contributed by atoms with Gasteiger partial charge in [0.05, 0.1) is 5.56 Å². The van der Waals surface area contributed by atoms with Crippen molar-refractivity contribution in [3.63, 3.8) is 0 Å². The molecule has 0 atom stereocenters. The Balaban J connectivity index is 2.37. The second kappa shape index (κ2) is 5.05. The molecule has 0 saturated carbocycles.